The highest BCUT2D eigenvalue weighted by molar-refractivity contribution is 9.09. The summed E-state index contributed by atoms with van der Waals surface area (Å²) in [6.07, 6.45) is 8.10. The van der Waals surface area contributed by atoms with Crippen molar-refractivity contribution in [2.75, 3.05) is 5.33 Å². The van der Waals surface area contributed by atoms with Crippen LogP contribution in [0.1, 0.15) is 53.4 Å². The lowest BCUT2D eigenvalue weighted by Gasteiger charge is -2.36. The molecular formula is C14H25Br. The van der Waals surface area contributed by atoms with Gasteiger partial charge in [-0.2, -0.15) is 0 Å². The van der Waals surface area contributed by atoms with E-state index in [2.05, 4.69) is 49.7 Å². The monoisotopic (exact) mass is 272 g/mol. The summed E-state index contributed by atoms with van der Waals surface area (Å²) in [5.41, 5.74) is 2.01. The van der Waals surface area contributed by atoms with E-state index in [0.29, 0.717) is 5.41 Å². The topological polar surface area (TPSA) is 0 Å². The lowest BCUT2D eigenvalue weighted by molar-refractivity contribution is 0.162. The fourth-order valence-electron chi connectivity index (χ4n) is 2.60. The van der Waals surface area contributed by atoms with Gasteiger partial charge in [-0.15, -0.1) is 0 Å². The van der Waals surface area contributed by atoms with Crippen molar-refractivity contribution in [3.8, 4) is 0 Å². The molecule has 0 amide bonds. The quantitative estimate of drug-likeness (QED) is 0.480. The maximum atomic E-state index is 3.52. The second kappa shape index (κ2) is 5.52. The van der Waals surface area contributed by atoms with Crippen LogP contribution in [-0.2, 0) is 0 Å². The Kier molecular flexibility index (Phi) is 4.89. The van der Waals surface area contributed by atoms with E-state index in [9.17, 15) is 0 Å². The first-order valence-electron chi connectivity index (χ1n) is 6.16. The van der Waals surface area contributed by atoms with Crippen LogP contribution in [0, 0.1) is 17.3 Å². The van der Waals surface area contributed by atoms with Gasteiger partial charge in [0.25, 0.3) is 0 Å². The minimum Gasteiger partial charge on any atom is -0.0880 e. The molecule has 0 heterocycles. The summed E-state index contributed by atoms with van der Waals surface area (Å²) in [5.74, 6) is 1.78. The summed E-state index contributed by atoms with van der Waals surface area (Å²) in [6, 6.07) is 0. The van der Waals surface area contributed by atoms with E-state index in [0.717, 1.165) is 17.2 Å². The van der Waals surface area contributed by atoms with E-state index in [4.69, 9.17) is 0 Å². The number of alkyl halides is 1. The zero-order valence-electron chi connectivity index (χ0n) is 10.6. The maximum absolute atomic E-state index is 3.52. The molecular weight excluding hydrogens is 248 g/mol. The van der Waals surface area contributed by atoms with Crippen molar-refractivity contribution in [3.63, 3.8) is 0 Å². The second-order valence-electron chi connectivity index (χ2n) is 6.12. The van der Waals surface area contributed by atoms with Gasteiger partial charge in [0.05, 0.1) is 0 Å². The molecule has 0 atom stereocenters. The van der Waals surface area contributed by atoms with Crippen LogP contribution in [0.4, 0.5) is 0 Å². The summed E-state index contributed by atoms with van der Waals surface area (Å²) in [4.78, 5) is 0. The van der Waals surface area contributed by atoms with Crippen LogP contribution in [-0.4, -0.2) is 5.33 Å². The van der Waals surface area contributed by atoms with Crippen LogP contribution in [0.5, 0.6) is 0 Å². The zero-order chi connectivity index (χ0) is 11.5. The Bertz CT molecular complexity index is 214. The van der Waals surface area contributed by atoms with Gasteiger partial charge in [-0.1, -0.05) is 48.4 Å². The molecule has 0 N–H and O–H groups in total. The van der Waals surface area contributed by atoms with Gasteiger partial charge >= 0.3 is 0 Å². The van der Waals surface area contributed by atoms with E-state index in [1.165, 1.54) is 31.3 Å². The van der Waals surface area contributed by atoms with Crippen LogP contribution < -0.4 is 0 Å². The number of hydrogen-bond acceptors (Lipinski definition) is 0. The molecule has 1 heteroatoms. The SMILES string of the molecule is CC(=CC1CCC(C(C)(C)C)CC1)CBr. The van der Waals surface area contributed by atoms with Crippen LogP contribution >= 0.6 is 15.9 Å². The molecule has 0 nitrogen and oxygen atoms in total. The molecule has 1 fully saturated rings. The third-order valence-electron chi connectivity index (χ3n) is 3.73. The fourth-order valence-corrected chi connectivity index (χ4v) is 2.79. The van der Waals surface area contributed by atoms with Crippen molar-refractivity contribution in [1.29, 1.82) is 0 Å². The molecule has 0 unspecified atom stereocenters. The molecule has 0 aromatic heterocycles. The summed E-state index contributed by atoms with van der Waals surface area (Å²) >= 11 is 3.52. The number of allylic oxidation sites excluding steroid dienone is 2. The summed E-state index contributed by atoms with van der Waals surface area (Å²) in [5, 5.41) is 1.03. The molecule has 88 valence electrons. The molecule has 1 aliphatic rings. The number of hydrogen-bond donors (Lipinski definition) is 0. The number of rotatable bonds is 2. The van der Waals surface area contributed by atoms with Gasteiger partial charge < -0.3 is 0 Å². The van der Waals surface area contributed by atoms with Crippen molar-refractivity contribution in [2.45, 2.75) is 53.4 Å². The Hall–Kier alpha value is 0.220. The molecule has 0 radical (unpaired) electrons. The van der Waals surface area contributed by atoms with Gasteiger partial charge in [0.2, 0.25) is 0 Å². The minimum atomic E-state index is 0.513. The molecule has 0 saturated heterocycles. The highest BCUT2D eigenvalue weighted by Crippen LogP contribution is 2.40. The first kappa shape index (κ1) is 13.3. The van der Waals surface area contributed by atoms with Crippen molar-refractivity contribution < 1.29 is 0 Å². The average molecular weight is 273 g/mol. The fraction of sp³-hybridized carbons (Fsp3) is 0.857. The Labute approximate surface area is 104 Å². The van der Waals surface area contributed by atoms with Crippen molar-refractivity contribution in [3.05, 3.63) is 11.6 Å². The molecule has 1 saturated carbocycles. The Morgan fingerprint density at radius 1 is 1.20 bits per heavy atom. The standard InChI is InChI=1S/C14H25Br/c1-11(10-15)9-12-5-7-13(8-6-12)14(2,3)4/h9,12-13H,5-8,10H2,1-4H3. The third-order valence-corrected chi connectivity index (χ3v) is 4.61. The zero-order valence-corrected chi connectivity index (χ0v) is 12.2. The van der Waals surface area contributed by atoms with Gasteiger partial charge in [-0.25, -0.2) is 0 Å². The van der Waals surface area contributed by atoms with Gasteiger partial charge in [0, 0.05) is 5.33 Å². The molecule has 15 heavy (non-hydrogen) atoms. The molecule has 0 aromatic carbocycles. The average Bonchev–Trinajstić information content (AvgIpc) is 2.17. The second-order valence-corrected chi connectivity index (χ2v) is 6.69. The Morgan fingerprint density at radius 2 is 1.73 bits per heavy atom. The molecule has 1 rings (SSSR count). The molecule has 0 aromatic rings. The van der Waals surface area contributed by atoms with E-state index in [-0.39, 0.29) is 0 Å². The lowest BCUT2D eigenvalue weighted by Crippen LogP contribution is -2.25. The predicted octanol–water partition coefficient (Wildman–Crippen LogP) is 5.18. The first-order chi connectivity index (χ1) is 6.93. The first-order valence-corrected chi connectivity index (χ1v) is 7.29. The number of halogens is 1. The maximum Gasteiger partial charge on any atom is 0.0239 e. The summed E-state index contributed by atoms with van der Waals surface area (Å²) in [7, 11) is 0. The van der Waals surface area contributed by atoms with Crippen molar-refractivity contribution >= 4 is 15.9 Å². The van der Waals surface area contributed by atoms with Gasteiger partial charge in [-0.05, 0) is 49.9 Å². The third kappa shape index (κ3) is 4.30. The normalized spacial score (nSPS) is 29.3. The van der Waals surface area contributed by atoms with Crippen molar-refractivity contribution in [1.82, 2.24) is 0 Å². The van der Waals surface area contributed by atoms with Crippen LogP contribution in [0.25, 0.3) is 0 Å². The molecule has 0 bridgehead atoms. The highest BCUT2D eigenvalue weighted by atomic mass is 79.9. The van der Waals surface area contributed by atoms with Crippen LogP contribution in [0.3, 0.4) is 0 Å². The van der Waals surface area contributed by atoms with Crippen LogP contribution in [0.2, 0.25) is 0 Å². The van der Waals surface area contributed by atoms with E-state index in [1.54, 1.807) is 0 Å². The minimum absolute atomic E-state index is 0.513. The van der Waals surface area contributed by atoms with Gasteiger partial charge in [-0.3, -0.25) is 0 Å². The summed E-state index contributed by atoms with van der Waals surface area (Å²) < 4.78 is 0. The Morgan fingerprint density at radius 3 is 2.13 bits per heavy atom. The van der Waals surface area contributed by atoms with Crippen LogP contribution in [0.15, 0.2) is 11.6 Å². The van der Waals surface area contributed by atoms with Gasteiger partial charge in [0.15, 0.2) is 0 Å². The van der Waals surface area contributed by atoms with E-state index < -0.39 is 0 Å². The largest absolute Gasteiger partial charge is 0.0880 e. The van der Waals surface area contributed by atoms with Gasteiger partial charge in [0.1, 0.15) is 0 Å². The highest BCUT2D eigenvalue weighted by Gasteiger charge is 2.28. The smallest absolute Gasteiger partial charge is 0.0239 e. The predicted molar refractivity (Wildman–Crippen MR) is 72.5 cm³/mol. The van der Waals surface area contributed by atoms with Crippen molar-refractivity contribution in [2.24, 2.45) is 17.3 Å². The summed E-state index contributed by atoms with van der Waals surface area (Å²) in [6.45, 7) is 9.39. The van der Waals surface area contributed by atoms with E-state index in [1.807, 2.05) is 0 Å². The Balaban J connectivity index is 2.43. The molecule has 0 spiro atoms. The molecule has 0 aliphatic heterocycles. The van der Waals surface area contributed by atoms with E-state index >= 15 is 0 Å². The lowest BCUT2D eigenvalue weighted by atomic mass is 9.70. The molecule has 1 aliphatic carbocycles.